The molecule has 0 atom stereocenters. The van der Waals surface area contributed by atoms with Crippen LogP contribution in [0.4, 0.5) is 0 Å². The Hall–Kier alpha value is -0.0900. The van der Waals surface area contributed by atoms with Gasteiger partial charge in [-0.1, -0.05) is 15.9 Å². The minimum atomic E-state index is 0.203. The van der Waals surface area contributed by atoms with Gasteiger partial charge in [-0.3, -0.25) is 4.79 Å². The number of ether oxygens (including phenoxy) is 1. The molecule has 0 aromatic rings. The van der Waals surface area contributed by atoms with Crippen molar-refractivity contribution in [3.63, 3.8) is 0 Å². The molecule has 1 aliphatic heterocycles. The highest BCUT2D eigenvalue weighted by Gasteiger charge is 2.25. The Morgan fingerprint density at radius 3 is 2.67 bits per heavy atom. The molecular formula is C11H20BrNO2. The van der Waals surface area contributed by atoms with Gasteiger partial charge in [0.2, 0.25) is 5.91 Å². The molecule has 1 fully saturated rings. The smallest absolute Gasteiger partial charge is 0.225 e. The van der Waals surface area contributed by atoms with Gasteiger partial charge in [0.05, 0.1) is 0 Å². The number of halogens is 1. The lowest BCUT2D eigenvalue weighted by molar-refractivity contribution is -0.138. The molecule has 1 amide bonds. The minimum Gasteiger partial charge on any atom is -0.381 e. The summed E-state index contributed by atoms with van der Waals surface area (Å²) in [4.78, 5) is 14.1. The van der Waals surface area contributed by atoms with Gasteiger partial charge in [0.1, 0.15) is 0 Å². The predicted octanol–water partition coefficient (Wildman–Crippen LogP) is 2.05. The first-order valence-electron chi connectivity index (χ1n) is 5.72. The molecule has 88 valence electrons. The number of carbonyl (C=O) groups is 1. The topological polar surface area (TPSA) is 29.5 Å². The summed E-state index contributed by atoms with van der Waals surface area (Å²) in [7, 11) is 0. The fourth-order valence-corrected chi connectivity index (χ4v) is 2.13. The third-order valence-electron chi connectivity index (χ3n) is 2.83. The first-order valence-corrected chi connectivity index (χ1v) is 6.84. The molecule has 0 aromatic carbocycles. The number of carbonyl (C=O) groups excluding carboxylic acids is 1. The van der Waals surface area contributed by atoms with Crippen LogP contribution in [0.3, 0.4) is 0 Å². The SMILES string of the molecule is CCN(CCCBr)C(=O)C1CCOCC1. The van der Waals surface area contributed by atoms with E-state index in [0.717, 1.165) is 50.9 Å². The third kappa shape index (κ3) is 4.11. The number of hydrogen-bond donors (Lipinski definition) is 0. The van der Waals surface area contributed by atoms with E-state index in [1.54, 1.807) is 0 Å². The van der Waals surface area contributed by atoms with Gasteiger partial charge in [0, 0.05) is 37.6 Å². The van der Waals surface area contributed by atoms with Crippen LogP contribution in [0, 0.1) is 5.92 Å². The van der Waals surface area contributed by atoms with Crippen LogP contribution in [0.1, 0.15) is 26.2 Å². The molecule has 4 heteroatoms. The summed E-state index contributed by atoms with van der Waals surface area (Å²) < 4.78 is 5.27. The fraction of sp³-hybridized carbons (Fsp3) is 0.909. The van der Waals surface area contributed by atoms with Gasteiger partial charge in [0.15, 0.2) is 0 Å². The van der Waals surface area contributed by atoms with E-state index in [1.165, 1.54) is 0 Å². The highest BCUT2D eigenvalue weighted by Crippen LogP contribution is 2.17. The Kier molecular flexibility index (Phi) is 6.25. The second-order valence-electron chi connectivity index (χ2n) is 3.85. The molecule has 15 heavy (non-hydrogen) atoms. The van der Waals surface area contributed by atoms with Gasteiger partial charge >= 0.3 is 0 Å². The molecule has 0 saturated carbocycles. The number of alkyl halides is 1. The van der Waals surface area contributed by atoms with Crippen LogP contribution in [0.15, 0.2) is 0 Å². The van der Waals surface area contributed by atoms with E-state index >= 15 is 0 Å². The number of hydrogen-bond acceptors (Lipinski definition) is 2. The van der Waals surface area contributed by atoms with Gasteiger partial charge in [0.25, 0.3) is 0 Å². The Balaban J connectivity index is 2.40. The van der Waals surface area contributed by atoms with Crippen molar-refractivity contribution in [3.05, 3.63) is 0 Å². The second-order valence-corrected chi connectivity index (χ2v) is 4.64. The van der Waals surface area contributed by atoms with E-state index in [1.807, 2.05) is 11.8 Å². The van der Waals surface area contributed by atoms with E-state index < -0.39 is 0 Å². The lowest BCUT2D eigenvalue weighted by Gasteiger charge is -2.28. The summed E-state index contributed by atoms with van der Waals surface area (Å²) in [5.74, 6) is 0.524. The van der Waals surface area contributed by atoms with E-state index in [2.05, 4.69) is 15.9 Å². The van der Waals surface area contributed by atoms with Crippen molar-refractivity contribution in [3.8, 4) is 0 Å². The van der Waals surface area contributed by atoms with Crippen molar-refractivity contribution in [2.45, 2.75) is 26.2 Å². The zero-order chi connectivity index (χ0) is 11.1. The second kappa shape index (κ2) is 7.23. The van der Waals surface area contributed by atoms with Crippen LogP contribution < -0.4 is 0 Å². The maximum atomic E-state index is 12.1. The molecular weight excluding hydrogens is 258 g/mol. The van der Waals surface area contributed by atoms with Crippen LogP contribution >= 0.6 is 15.9 Å². The lowest BCUT2D eigenvalue weighted by atomic mass is 9.98. The first-order chi connectivity index (χ1) is 7.29. The van der Waals surface area contributed by atoms with E-state index in [4.69, 9.17) is 4.74 Å². The Bertz CT molecular complexity index is 193. The average molecular weight is 278 g/mol. The largest absolute Gasteiger partial charge is 0.381 e. The van der Waals surface area contributed by atoms with Gasteiger partial charge in [-0.25, -0.2) is 0 Å². The van der Waals surface area contributed by atoms with E-state index in [9.17, 15) is 4.79 Å². The molecule has 1 saturated heterocycles. The molecule has 0 bridgehead atoms. The molecule has 3 nitrogen and oxygen atoms in total. The predicted molar refractivity (Wildman–Crippen MR) is 64.2 cm³/mol. The van der Waals surface area contributed by atoms with Crippen molar-refractivity contribution in [2.75, 3.05) is 31.6 Å². The molecule has 1 heterocycles. The van der Waals surface area contributed by atoms with E-state index in [-0.39, 0.29) is 5.92 Å². The Labute approximate surface area is 100 Å². The molecule has 1 rings (SSSR count). The monoisotopic (exact) mass is 277 g/mol. The molecule has 0 unspecified atom stereocenters. The van der Waals surface area contributed by atoms with Gasteiger partial charge in [-0.2, -0.15) is 0 Å². The summed E-state index contributed by atoms with van der Waals surface area (Å²) in [6, 6.07) is 0. The van der Waals surface area contributed by atoms with Crippen molar-refractivity contribution >= 4 is 21.8 Å². The first kappa shape index (κ1) is 13.0. The summed E-state index contributed by atoms with van der Waals surface area (Å²) in [6.45, 7) is 5.23. The molecule has 1 aliphatic rings. The summed E-state index contributed by atoms with van der Waals surface area (Å²) in [5, 5.41) is 0.963. The lowest BCUT2D eigenvalue weighted by Crippen LogP contribution is -2.39. The van der Waals surface area contributed by atoms with Crippen LogP contribution in [0.2, 0.25) is 0 Å². The van der Waals surface area contributed by atoms with E-state index in [0.29, 0.717) is 5.91 Å². The Morgan fingerprint density at radius 1 is 1.47 bits per heavy atom. The van der Waals surface area contributed by atoms with Crippen molar-refractivity contribution in [2.24, 2.45) is 5.92 Å². The van der Waals surface area contributed by atoms with Gasteiger partial charge in [-0.05, 0) is 26.2 Å². The molecule has 0 radical (unpaired) electrons. The average Bonchev–Trinajstić information content (AvgIpc) is 2.31. The summed E-state index contributed by atoms with van der Waals surface area (Å²) >= 11 is 3.39. The zero-order valence-corrected chi connectivity index (χ0v) is 11.0. The van der Waals surface area contributed by atoms with Crippen molar-refractivity contribution < 1.29 is 9.53 Å². The van der Waals surface area contributed by atoms with Crippen LogP contribution in [0.5, 0.6) is 0 Å². The van der Waals surface area contributed by atoms with Crippen LogP contribution in [-0.2, 0) is 9.53 Å². The highest BCUT2D eigenvalue weighted by molar-refractivity contribution is 9.09. The standard InChI is InChI=1S/C11H20BrNO2/c1-2-13(7-3-6-12)11(14)10-4-8-15-9-5-10/h10H,2-9H2,1H3. The summed E-state index contributed by atoms with van der Waals surface area (Å²) in [6.07, 6.45) is 2.82. The van der Waals surface area contributed by atoms with Crippen LogP contribution in [-0.4, -0.2) is 42.4 Å². The fourth-order valence-electron chi connectivity index (χ4n) is 1.88. The van der Waals surface area contributed by atoms with Crippen molar-refractivity contribution in [1.29, 1.82) is 0 Å². The van der Waals surface area contributed by atoms with Crippen molar-refractivity contribution in [1.82, 2.24) is 4.90 Å². The normalized spacial score (nSPS) is 17.7. The third-order valence-corrected chi connectivity index (χ3v) is 3.39. The maximum Gasteiger partial charge on any atom is 0.225 e. The van der Waals surface area contributed by atoms with Crippen LogP contribution in [0.25, 0.3) is 0 Å². The Morgan fingerprint density at radius 2 is 2.13 bits per heavy atom. The number of nitrogens with zero attached hydrogens (tertiary/aromatic N) is 1. The molecule has 0 spiro atoms. The number of amides is 1. The summed E-state index contributed by atoms with van der Waals surface area (Å²) in [5.41, 5.74) is 0. The maximum absolute atomic E-state index is 12.1. The molecule has 0 N–H and O–H groups in total. The highest BCUT2D eigenvalue weighted by atomic mass is 79.9. The van der Waals surface area contributed by atoms with Gasteiger partial charge in [-0.15, -0.1) is 0 Å². The minimum absolute atomic E-state index is 0.203. The zero-order valence-electron chi connectivity index (χ0n) is 9.38. The van der Waals surface area contributed by atoms with Gasteiger partial charge < -0.3 is 9.64 Å². The number of rotatable bonds is 5. The molecule has 0 aromatic heterocycles. The molecule has 0 aliphatic carbocycles. The quantitative estimate of drug-likeness (QED) is 0.720.